The summed E-state index contributed by atoms with van der Waals surface area (Å²) in [5.41, 5.74) is 3.30. The Balaban J connectivity index is 0.000000561. The average Bonchev–Trinajstić information content (AvgIpc) is 2.58. The normalized spacial score (nSPS) is 9.36. The van der Waals surface area contributed by atoms with Crippen LogP contribution in [-0.2, 0) is 0 Å². The van der Waals surface area contributed by atoms with Gasteiger partial charge in [-0.2, -0.15) is 0 Å². The van der Waals surface area contributed by atoms with Crippen molar-refractivity contribution in [2.24, 2.45) is 0 Å². The molecule has 3 rings (SSSR count). The third-order valence-electron chi connectivity index (χ3n) is 3.11. The summed E-state index contributed by atoms with van der Waals surface area (Å²) in [6, 6.07) is 18.3. The summed E-state index contributed by atoms with van der Waals surface area (Å²) < 4.78 is 0. The zero-order valence-electron chi connectivity index (χ0n) is 14.0. The SMILES string of the molecule is CC.CC.Cc1ccccc1-c1nc(Cl)cc2ccccc12. The van der Waals surface area contributed by atoms with Crippen LogP contribution in [0.2, 0.25) is 5.15 Å². The zero-order valence-corrected chi connectivity index (χ0v) is 14.8. The maximum Gasteiger partial charge on any atom is 0.130 e. The van der Waals surface area contributed by atoms with Gasteiger partial charge in [0.05, 0.1) is 5.69 Å². The van der Waals surface area contributed by atoms with Crippen molar-refractivity contribution in [2.45, 2.75) is 34.6 Å². The molecule has 0 atom stereocenters. The summed E-state index contributed by atoms with van der Waals surface area (Å²) in [4.78, 5) is 4.50. The molecule has 3 aromatic rings. The minimum Gasteiger partial charge on any atom is -0.235 e. The van der Waals surface area contributed by atoms with Crippen LogP contribution in [0, 0.1) is 6.92 Å². The summed E-state index contributed by atoms with van der Waals surface area (Å²) in [5.74, 6) is 0. The van der Waals surface area contributed by atoms with Crippen LogP contribution in [0.5, 0.6) is 0 Å². The summed E-state index contributed by atoms with van der Waals surface area (Å²) >= 11 is 6.11. The average molecular weight is 314 g/mol. The Morgan fingerprint density at radius 1 is 0.818 bits per heavy atom. The van der Waals surface area contributed by atoms with Gasteiger partial charge in [0.25, 0.3) is 0 Å². The molecule has 0 radical (unpaired) electrons. The summed E-state index contributed by atoms with van der Waals surface area (Å²) in [7, 11) is 0. The van der Waals surface area contributed by atoms with Crippen LogP contribution in [0.25, 0.3) is 22.0 Å². The number of fused-ring (bicyclic) bond motifs is 1. The molecule has 0 aliphatic carbocycles. The van der Waals surface area contributed by atoms with Gasteiger partial charge in [-0.25, -0.2) is 4.98 Å². The quantitative estimate of drug-likeness (QED) is 0.444. The van der Waals surface area contributed by atoms with Gasteiger partial charge in [-0.15, -0.1) is 0 Å². The van der Waals surface area contributed by atoms with Gasteiger partial charge in [-0.05, 0) is 23.9 Å². The second-order valence-electron chi connectivity index (χ2n) is 4.33. The van der Waals surface area contributed by atoms with Crippen molar-refractivity contribution < 1.29 is 0 Å². The Morgan fingerprint density at radius 2 is 1.41 bits per heavy atom. The molecule has 0 saturated carbocycles. The number of nitrogens with zero attached hydrogens (tertiary/aromatic N) is 1. The van der Waals surface area contributed by atoms with E-state index in [1.165, 1.54) is 5.56 Å². The molecule has 1 heterocycles. The number of aromatic nitrogens is 1. The minimum absolute atomic E-state index is 0.534. The molecule has 0 aliphatic heterocycles. The first-order chi connectivity index (χ1) is 10.8. The van der Waals surface area contributed by atoms with E-state index >= 15 is 0 Å². The van der Waals surface area contributed by atoms with Crippen LogP contribution >= 0.6 is 11.6 Å². The van der Waals surface area contributed by atoms with Crippen LogP contribution in [-0.4, -0.2) is 4.98 Å². The molecule has 0 saturated heterocycles. The molecule has 0 aliphatic rings. The second kappa shape index (κ2) is 9.22. The van der Waals surface area contributed by atoms with Crippen molar-refractivity contribution in [2.75, 3.05) is 0 Å². The van der Waals surface area contributed by atoms with E-state index in [1.54, 1.807) is 0 Å². The lowest BCUT2D eigenvalue weighted by Gasteiger charge is -2.09. The fourth-order valence-electron chi connectivity index (χ4n) is 2.21. The van der Waals surface area contributed by atoms with Crippen molar-refractivity contribution in [3.05, 3.63) is 65.3 Å². The Morgan fingerprint density at radius 3 is 2.09 bits per heavy atom. The zero-order chi connectivity index (χ0) is 16.5. The Hall–Kier alpha value is -1.86. The monoisotopic (exact) mass is 313 g/mol. The van der Waals surface area contributed by atoms with E-state index in [-0.39, 0.29) is 0 Å². The van der Waals surface area contributed by atoms with Gasteiger partial charge < -0.3 is 0 Å². The predicted molar refractivity (Wildman–Crippen MR) is 99.6 cm³/mol. The van der Waals surface area contributed by atoms with Crippen molar-refractivity contribution >= 4 is 22.4 Å². The van der Waals surface area contributed by atoms with Crippen LogP contribution in [0.4, 0.5) is 0 Å². The molecule has 116 valence electrons. The van der Waals surface area contributed by atoms with Gasteiger partial charge in [0.2, 0.25) is 0 Å². The molecule has 0 fully saturated rings. The lowest BCUT2D eigenvalue weighted by Crippen LogP contribution is -1.89. The number of aryl methyl sites for hydroxylation is 1. The molecule has 1 aromatic heterocycles. The van der Waals surface area contributed by atoms with E-state index in [4.69, 9.17) is 11.6 Å². The third-order valence-corrected chi connectivity index (χ3v) is 3.30. The molecule has 1 nitrogen and oxygen atoms in total. The first-order valence-corrected chi connectivity index (χ1v) is 8.25. The summed E-state index contributed by atoms with van der Waals surface area (Å²) in [6.45, 7) is 10.1. The number of hydrogen-bond donors (Lipinski definition) is 0. The smallest absolute Gasteiger partial charge is 0.130 e. The molecule has 22 heavy (non-hydrogen) atoms. The first-order valence-electron chi connectivity index (χ1n) is 7.87. The maximum absolute atomic E-state index is 6.11. The van der Waals surface area contributed by atoms with E-state index in [0.29, 0.717) is 5.15 Å². The molecule has 0 bridgehead atoms. The van der Waals surface area contributed by atoms with E-state index in [9.17, 15) is 0 Å². The highest BCUT2D eigenvalue weighted by Crippen LogP contribution is 2.30. The van der Waals surface area contributed by atoms with Crippen LogP contribution in [0.15, 0.2) is 54.6 Å². The Kier molecular flexibility index (Phi) is 7.62. The minimum atomic E-state index is 0.534. The van der Waals surface area contributed by atoms with Crippen molar-refractivity contribution in [1.29, 1.82) is 0 Å². The van der Waals surface area contributed by atoms with E-state index in [0.717, 1.165) is 22.0 Å². The van der Waals surface area contributed by atoms with Crippen molar-refractivity contribution in [1.82, 2.24) is 4.98 Å². The van der Waals surface area contributed by atoms with E-state index < -0.39 is 0 Å². The highest BCUT2D eigenvalue weighted by molar-refractivity contribution is 6.30. The van der Waals surface area contributed by atoms with E-state index in [1.807, 2.05) is 58.0 Å². The largest absolute Gasteiger partial charge is 0.235 e. The van der Waals surface area contributed by atoms with Gasteiger partial charge in [0.15, 0.2) is 0 Å². The van der Waals surface area contributed by atoms with Crippen molar-refractivity contribution in [3.8, 4) is 11.3 Å². The van der Waals surface area contributed by atoms with Crippen LogP contribution in [0.3, 0.4) is 0 Å². The molecule has 0 spiro atoms. The third kappa shape index (κ3) is 4.08. The topological polar surface area (TPSA) is 12.9 Å². The first kappa shape index (κ1) is 18.2. The summed E-state index contributed by atoms with van der Waals surface area (Å²) in [5, 5.41) is 2.79. The van der Waals surface area contributed by atoms with Gasteiger partial charge >= 0.3 is 0 Å². The van der Waals surface area contributed by atoms with Crippen LogP contribution < -0.4 is 0 Å². The molecular formula is C20H24ClN. The molecule has 0 amide bonds. The van der Waals surface area contributed by atoms with Crippen LogP contribution in [0.1, 0.15) is 33.3 Å². The molecule has 0 unspecified atom stereocenters. The molecule has 2 aromatic carbocycles. The fourth-order valence-corrected chi connectivity index (χ4v) is 2.41. The second-order valence-corrected chi connectivity index (χ2v) is 4.72. The van der Waals surface area contributed by atoms with Crippen molar-refractivity contribution in [3.63, 3.8) is 0 Å². The lowest BCUT2D eigenvalue weighted by molar-refractivity contribution is 1.33. The number of halogens is 1. The fraction of sp³-hybridized carbons (Fsp3) is 0.250. The number of pyridine rings is 1. The Bertz CT molecular complexity index is 720. The molecule has 2 heteroatoms. The summed E-state index contributed by atoms with van der Waals surface area (Å²) in [6.07, 6.45) is 0. The Labute approximate surface area is 139 Å². The molecular weight excluding hydrogens is 290 g/mol. The predicted octanol–water partition coefficient (Wildman–Crippen LogP) is 6.92. The van der Waals surface area contributed by atoms with Gasteiger partial charge in [-0.3, -0.25) is 0 Å². The number of rotatable bonds is 1. The lowest BCUT2D eigenvalue weighted by atomic mass is 10.0. The highest BCUT2D eigenvalue weighted by Gasteiger charge is 2.08. The van der Waals surface area contributed by atoms with E-state index in [2.05, 4.69) is 36.2 Å². The standard InChI is InChI=1S/C16H12ClN.2C2H6/c1-11-6-2-4-8-13(11)16-14-9-5-3-7-12(14)10-15(17)18-16;2*1-2/h2-10H,1H3;2*1-2H3. The molecule has 0 N–H and O–H groups in total. The number of benzene rings is 2. The van der Waals surface area contributed by atoms with Gasteiger partial charge in [-0.1, -0.05) is 87.8 Å². The highest BCUT2D eigenvalue weighted by atomic mass is 35.5. The van der Waals surface area contributed by atoms with Gasteiger partial charge in [0, 0.05) is 10.9 Å². The number of hydrogen-bond acceptors (Lipinski definition) is 1. The van der Waals surface area contributed by atoms with Gasteiger partial charge in [0.1, 0.15) is 5.15 Å². The maximum atomic E-state index is 6.11.